The van der Waals surface area contributed by atoms with Gasteiger partial charge in [-0.05, 0) is 59.2 Å². The van der Waals surface area contributed by atoms with Crippen LogP contribution in [0.15, 0.2) is 18.3 Å². The summed E-state index contributed by atoms with van der Waals surface area (Å²) in [7, 11) is 1.73. The van der Waals surface area contributed by atoms with Gasteiger partial charge in [-0.1, -0.05) is 6.42 Å². The summed E-state index contributed by atoms with van der Waals surface area (Å²) >= 11 is 0. The predicted molar refractivity (Wildman–Crippen MR) is 118 cm³/mol. The number of fused-ring (bicyclic) bond motifs is 2. The van der Waals surface area contributed by atoms with Gasteiger partial charge in [0.25, 0.3) is 0 Å². The summed E-state index contributed by atoms with van der Waals surface area (Å²) in [5, 5.41) is 5.66. The number of rotatable bonds is 4. The van der Waals surface area contributed by atoms with E-state index in [9.17, 15) is 0 Å². The Morgan fingerprint density at radius 3 is 2.76 bits per heavy atom. The van der Waals surface area contributed by atoms with E-state index in [4.69, 9.17) is 15.5 Å². The highest BCUT2D eigenvalue weighted by Crippen LogP contribution is 2.33. The highest BCUT2D eigenvalue weighted by atomic mass is 16.5. The fourth-order valence-electron chi connectivity index (χ4n) is 4.47. The summed E-state index contributed by atoms with van der Waals surface area (Å²) in [4.78, 5) is 7.29. The molecule has 158 valence electrons. The van der Waals surface area contributed by atoms with Crippen molar-refractivity contribution in [2.75, 3.05) is 25.9 Å². The highest BCUT2D eigenvalue weighted by molar-refractivity contribution is 5.94. The molecule has 1 aliphatic heterocycles. The molecule has 0 radical (unpaired) electrons. The monoisotopic (exact) mass is 398 g/mol. The second kappa shape index (κ2) is 7.61. The van der Waals surface area contributed by atoms with Crippen molar-refractivity contribution in [3.8, 4) is 0 Å². The van der Waals surface area contributed by atoms with Gasteiger partial charge in [-0.25, -0.2) is 4.98 Å². The number of hydrogen-bond acceptors (Lipinski definition) is 5. The van der Waals surface area contributed by atoms with Crippen molar-refractivity contribution in [3.05, 3.63) is 18.3 Å². The molecular formula is C22H34N6O. The number of nitrogens with zero attached hydrogens (tertiary/aromatic N) is 5. The van der Waals surface area contributed by atoms with Crippen molar-refractivity contribution in [3.63, 3.8) is 0 Å². The summed E-state index contributed by atoms with van der Waals surface area (Å²) in [6.07, 6.45) is 5.57. The van der Waals surface area contributed by atoms with Gasteiger partial charge in [-0.15, -0.1) is 0 Å². The first-order valence-electron chi connectivity index (χ1n) is 10.7. The number of nitrogens with two attached hydrogens (primary N) is 1. The Hall–Kier alpha value is -2.12. The maximum Gasteiger partial charge on any atom is 0.201 e. The zero-order chi connectivity index (χ0) is 20.8. The largest absolute Gasteiger partial charge is 0.380 e. The van der Waals surface area contributed by atoms with Crippen molar-refractivity contribution >= 4 is 27.9 Å². The molecule has 0 bridgehead atoms. The second-order valence-corrected chi connectivity index (χ2v) is 9.38. The molecule has 1 saturated heterocycles. The summed E-state index contributed by atoms with van der Waals surface area (Å²) in [5.41, 5.74) is 9.75. The van der Waals surface area contributed by atoms with Crippen LogP contribution in [0.4, 0.5) is 5.95 Å². The Balaban J connectivity index is 1.78. The average Bonchev–Trinajstić information content (AvgIpc) is 3.07. The third kappa shape index (κ3) is 3.85. The first-order chi connectivity index (χ1) is 13.8. The molecule has 0 spiro atoms. The van der Waals surface area contributed by atoms with E-state index in [2.05, 4.69) is 54.4 Å². The fraction of sp³-hybridized carbons (Fsp3) is 0.636. The van der Waals surface area contributed by atoms with Gasteiger partial charge in [0.15, 0.2) is 0 Å². The number of likely N-dealkylation sites (tertiary alicyclic amines) is 1. The molecule has 2 aromatic heterocycles. The molecule has 4 rings (SSSR count). The molecule has 3 aromatic rings. The van der Waals surface area contributed by atoms with Crippen LogP contribution >= 0.6 is 0 Å². The van der Waals surface area contributed by atoms with Crippen LogP contribution < -0.4 is 5.73 Å². The van der Waals surface area contributed by atoms with Crippen molar-refractivity contribution in [1.82, 2.24) is 24.2 Å². The fourth-order valence-corrected chi connectivity index (χ4v) is 4.47. The lowest BCUT2D eigenvalue weighted by atomic mass is 10.0. The maximum absolute atomic E-state index is 6.45. The Bertz CT molecular complexity index is 998. The van der Waals surface area contributed by atoms with Gasteiger partial charge in [-0.2, -0.15) is 5.10 Å². The minimum absolute atomic E-state index is 0.103. The van der Waals surface area contributed by atoms with Crippen molar-refractivity contribution in [1.29, 1.82) is 0 Å². The minimum atomic E-state index is 0.103. The molecule has 0 unspecified atom stereocenters. The maximum atomic E-state index is 6.45. The van der Waals surface area contributed by atoms with Gasteiger partial charge >= 0.3 is 0 Å². The van der Waals surface area contributed by atoms with E-state index in [-0.39, 0.29) is 11.6 Å². The number of imidazole rings is 1. The number of anilines is 1. The van der Waals surface area contributed by atoms with Crippen LogP contribution in [0, 0.1) is 0 Å². The molecule has 0 amide bonds. The average molecular weight is 399 g/mol. The van der Waals surface area contributed by atoms with Crippen molar-refractivity contribution in [2.24, 2.45) is 0 Å². The van der Waals surface area contributed by atoms with Crippen molar-refractivity contribution in [2.45, 2.75) is 71.2 Å². The lowest BCUT2D eigenvalue weighted by Crippen LogP contribution is -2.44. The third-order valence-corrected chi connectivity index (χ3v) is 6.27. The Labute approximate surface area is 172 Å². The Kier molecular flexibility index (Phi) is 5.29. The van der Waals surface area contributed by atoms with E-state index in [1.807, 2.05) is 10.9 Å². The molecule has 29 heavy (non-hydrogen) atoms. The zero-order valence-electron chi connectivity index (χ0n) is 18.4. The van der Waals surface area contributed by atoms with Gasteiger partial charge in [0, 0.05) is 30.6 Å². The minimum Gasteiger partial charge on any atom is -0.380 e. The van der Waals surface area contributed by atoms with Crippen LogP contribution in [0.2, 0.25) is 0 Å². The molecule has 1 aliphatic rings. The molecule has 7 nitrogen and oxygen atoms in total. The summed E-state index contributed by atoms with van der Waals surface area (Å²) in [6.45, 7) is 11.8. The molecule has 0 saturated carbocycles. The first-order valence-corrected chi connectivity index (χ1v) is 10.7. The zero-order valence-corrected chi connectivity index (χ0v) is 18.4. The lowest BCUT2D eigenvalue weighted by molar-refractivity contribution is 0.101. The molecule has 0 aliphatic carbocycles. The lowest BCUT2D eigenvalue weighted by Gasteiger charge is -2.37. The predicted octanol–water partition coefficient (Wildman–Crippen LogP) is 3.83. The summed E-state index contributed by atoms with van der Waals surface area (Å²) in [5.74, 6) is 0.609. The smallest absolute Gasteiger partial charge is 0.201 e. The van der Waals surface area contributed by atoms with Crippen LogP contribution in [0.1, 0.15) is 53.0 Å². The van der Waals surface area contributed by atoms with Crippen molar-refractivity contribution < 1.29 is 4.74 Å². The number of hydrogen-bond donors (Lipinski definition) is 1. The van der Waals surface area contributed by atoms with E-state index in [1.54, 1.807) is 7.11 Å². The van der Waals surface area contributed by atoms with E-state index in [0.717, 1.165) is 48.0 Å². The van der Waals surface area contributed by atoms with Gasteiger partial charge in [0.2, 0.25) is 5.95 Å². The second-order valence-electron chi connectivity index (χ2n) is 9.38. The standard InChI is InChI=1S/C22H34N6O/c1-15(29-5)13-27-19-11-20-18(10-16(19)12-24-27)25-21(23)28(20)17-8-6-7-9-26(14-17)22(2,3)4/h10-12,15,17H,6-9,13-14H2,1-5H3,(H2,23,25)/t15-,17+/m0/s1. The molecule has 1 fully saturated rings. The van der Waals surface area contributed by atoms with E-state index in [0.29, 0.717) is 12.0 Å². The number of aromatic nitrogens is 4. The summed E-state index contributed by atoms with van der Waals surface area (Å²) < 4.78 is 9.72. The molecule has 1 aromatic carbocycles. The first kappa shape index (κ1) is 20.2. The number of benzene rings is 1. The SMILES string of the molecule is CO[C@@H](C)Cn1ncc2cc3nc(N)n([C@@H]4CCCCN(C(C)(C)C)C4)c3cc21. The van der Waals surface area contributed by atoms with Crippen LogP contribution in [0.5, 0.6) is 0 Å². The van der Waals surface area contributed by atoms with Crippen LogP contribution in [-0.4, -0.2) is 56.1 Å². The van der Waals surface area contributed by atoms with Gasteiger partial charge in [0.1, 0.15) is 0 Å². The topological polar surface area (TPSA) is 74.1 Å². The van der Waals surface area contributed by atoms with E-state index in [1.165, 1.54) is 12.8 Å². The Morgan fingerprint density at radius 1 is 1.24 bits per heavy atom. The highest BCUT2D eigenvalue weighted by Gasteiger charge is 2.29. The van der Waals surface area contributed by atoms with Crippen LogP contribution in [0.25, 0.3) is 21.9 Å². The molecular weight excluding hydrogens is 364 g/mol. The van der Waals surface area contributed by atoms with Crippen LogP contribution in [-0.2, 0) is 11.3 Å². The molecule has 2 atom stereocenters. The quantitative estimate of drug-likeness (QED) is 0.723. The number of ether oxygens (including phenoxy) is 1. The molecule has 7 heteroatoms. The summed E-state index contributed by atoms with van der Waals surface area (Å²) in [6, 6.07) is 4.64. The molecule has 3 heterocycles. The van der Waals surface area contributed by atoms with Crippen LogP contribution in [0.3, 0.4) is 0 Å². The normalized spacial score (nSPS) is 20.4. The number of methoxy groups -OCH3 is 1. The third-order valence-electron chi connectivity index (χ3n) is 6.27. The van der Waals surface area contributed by atoms with E-state index < -0.39 is 0 Å². The number of nitrogen functional groups attached to an aromatic ring is 1. The van der Waals surface area contributed by atoms with Gasteiger partial charge in [0.05, 0.1) is 35.4 Å². The van der Waals surface area contributed by atoms with Gasteiger partial charge < -0.3 is 15.0 Å². The molecule has 2 N–H and O–H groups in total. The Morgan fingerprint density at radius 2 is 2.03 bits per heavy atom. The van der Waals surface area contributed by atoms with Gasteiger partial charge in [-0.3, -0.25) is 9.58 Å². The van der Waals surface area contributed by atoms with E-state index >= 15 is 0 Å².